The molecular formula is C18H16N2O3S. The van der Waals surface area contributed by atoms with Gasteiger partial charge < -0.3 is 4.74 Å². The molecule has 1 aromatic heterocycles. The average Bonchev–Trinajstić information content (AvgIpc) is 3.01. The van der Waals surface area contributed by atoms with Crippen LogP contribution in [-0.2, 0) is 16.0 Å². The fourth-order valence-corrected chi connectivity index (χ4v) is 3.01. The van der Waals surface area contributed by atoms with E-state index < -0.39 is 0 Å². The zero-order chi connectivity index (χ0) is 16.9. The predicted molar refractivity (Wildman–Crippen MR) is 94.4 cm³/mol. The number of esters is 1. The molecule has 6 heteroatoms. The molecule has 1 N–H and O–H groups in total. The molecule has 0 fully saturated rings. The minimum Gasteiger partial charge on any atom is -0.466 e. The summed E-state index contributed by atoms with van der Waals surface area (Å²) in [6, 6.07) is 13.4. The Hall–Kier alpha value is -2.73. The highest BCUT2D eigenvalue weighted by molar-refractivity contribution is 7.14. The Bertz CT molecular complexity index is 889. The first-order valence-corrected chi connectivity index (χ1v) is 8.44. The van der Waals surface area contributed by atoms with Crippen LogP contribution in [0, 0.1) is 0 Å². The number of nitrogens with zero attached hydrogens (tertiary/aromatic N) is 1. The number of anilines is 1. The topological polar surface area (TPSA) is 68.3 Å². The van der Waals surface area contributed by atoms with Crippen molar-refractivity contribution in [2.75, 3.05) is 11.9 Å². The number of hydrogen-bond acceptors (Lipinski definition) is 5. The summed E-state index contributed by atoms with van der Waals surface area (Å²) in [5.74, 6) is -0.548. The number of carbonyl (C=O) groups excluding carboxylic acids is 2. The lowest BCUT2D eigenvalue weighted by Gasteiger charge is -2.04. The number of hydrogen-bond donors (Lipinski definition) is 1. The Morgan fingerprint density at radius 2 is 1.96 bits per heavy atom. The minimum atomic E-state index is -0.324. The highest BCUT2D eigenvalue weighted by Gasteiger charge is 2.12. The third-order valence-electron chi connectivity index (χ3n) is 3.41. The van der Waals surface area contributed by atoms with Crippen molar-refractivity contribution in [3.8, 4) is 0 Å². The summed E-state index contributed by atoms with van der Waals surface area (Å²) < 4.78 is 4.88. The molecule has 3 rings (SSSR count). The minimum absolute atomic E-state index is 0.107. The monoisotopic (exact) mass is 340 g/mol. The van der Waals surface area contributed by atoms with Crippen LogP contribution in [0.15, 0.2) is 47.8 Å². The molecule has 0 atom stereocenters. The van der Waals surface area contributed by atoms with Crippen molar-refractivity contribution in [1.82, 2.24) is 4.98 Å². The van der Waals surface area contributed by atoms with Crippen molar-refractivity contribution >= 4 is 39.1 Å². The van der Waals surface area contributed by atoms with Crippen LogP contribution < -0.4 is 5.32 Å². The van der Waals surface area contributed by atoms with Crippen molar-refractivity contribution in [1.29, 1.82) is 0 Å². The number of rotatable bonds is 5. The lowest BCUT2D eigenvalue weighted by molar-refractivity contribution is -0.142. The number of nitrogens with one attached hydrogen (secondary N) is 1. The molecule has 5 nitrogen and oxygen atoms in total. The second kappa shape index (κ2) is 7.23. The van der Waals surface area contributed by atoms with E-state index in [9.17, 15) is 9.59 Å². The van der Waals surface area contributed by atoms with Gasteiger partial charge in [-0.3, -0.25) is 14.9 Å². The van der Waals surface area contributed by atoms with Gasteiger partial charge in [0.25, 0.3) is 5.91 Å². The van der Waals surface area contributed by atoms with Crippen molar-refractivity contribution in [2.45, 2.75) is 13.3 Å². The van der Waals surface area contributed by atoms with Gasteiger partial charge in [0.2, 0.25) is 0 Å². The van der Waals surface area contributed by atoms with E-state index in [1.807, 2.05) is 36.4 Å². The summed E-state index contributed by atoms with van der Waals surface area (Å²) in [6.07, 6.45) is 0.107. The van der Waals surface area contributed by atoms with Gasteiger partial charge in [-0.15, -0.1) is 11.3 Å². The zero-order valence-electron chi connectivity index (χ0n) is 13.1. The summed E-state index contributed by atoms with van der Waals surface area (Å²) in [4.78, 5) is 28.0. The van der Waals surface area contributed by atoms with Gasteiger partial charge in [-0.1, -0.05) is 30.3 Å². The molecule has 122 valence electrons. The number of amides is 1. The lowest BCUT2D eigenvalue weighted by Crippen LogP contribution is -2.12. The summed E-state index contributed by atoms with van der Waals surface area (Å²) in [6.45, 7) is 2.10. The molecule has 24 heavy (non-hydrogen) atoms. The Morgan fingerprint density at radius 1 is 1.17 bits per heavy atom. The Labute approximate surface area is 143 Å². The van der Waals surface area contributed by atoms with E-state index >= 15 is 0 Å². The smallest absolute Gasteiger partial charge is 0.311 e. The van der Waals surface area contributed by atoms with Crippen LogP contribution in [0.1, 0.15) is 23.0 Å². The molecule has 3 aromatic rings. The summed E-state index contributed by atoms with van der Waals surface area (Å²) >= 11 is 1.29. The third kappa shape index (κ3) is 3.78. The molecule has 0 radical (unpaired) electrons. The van der Waals surface area contributed by atoms with Crippen LogP contribution in [0.4, 0.5) is 5.13 Å². The van der Waals surface area contributed by atoms with Crippen LogP contribution in [0.3, 0.4) is 0 Å². The largest absolute Gasteiger partial charge is 0.466 e. The molecule has 1 heterocycles. The van der Waals surface area contributed by atoms with Crippen LogP contribution in [-0.4, -0.2) is 23.5 Å². The zero-order valence-corrected chi connectivity index (χ0v) is 13.9. The number of fused-ring (bicyclic) bond motifs is 1. The first kappa shape index (κ1) is 16.1. The molecule has 0 aliphatic rings. The van der Waals surface area contributed by atoms with Crippen molar-refractivity contribution < 1.29 is 14.3 Å². The summed E-state index contributed by atoms with van der Waals surface area (Å²) in [5, 5.41) is 7.06. The fourth-order valence-electron chi connectivity index (χ4n) is 2.31. The Balaban J connectivity index is 1.69. The number of benzene rings is 2. The lowest BCUT2D eigenvalue weighted by atomic mass is 10.1. The van der Waals surface area contributed by atoms with E-state index in [2.05, 4.69) is 10.3 Å². The normalized spacial score (nSPS) is 10.5. The van der Waals surface area contributed by atoms with Gasteiger partial charge in [0.1, 0.15) is 0 Å². The maximum absolute atomic E-state index is 12.4. The van der Waals surface area contributed by atoms with Gasteiger partial charge in [-0.25, -0.2) is 4.98 Å². The average molecular weight is 340 g/mol. The maximum atomic E-state index is 12.4. The van der Waals surface area contributed by atoms with E-state index in [0.29, 0.717) is 23.0 Å². The van der Waals surface area contributed by atoms with Gasteiger partial charge >= 0.3 is 5.97 Å². The standard InChI is InChI=1S/C18H16N2O3S/c1-2-23-16(21)10-15-11-24-18(19-15)20-17(22)14-8-7-12-5-3-4-6-13(12)9-14/h3-9,11H,2,10H2,1H3,(H,19,20,22). The third-order valence-corrected chi connectivity index (χ3v) is 4.22. The predicted octanol–water partition coefficient (Wildman–Crippen LogP) is 3.65. The molecule has 0 spiro atoms. The number of aromatic nitrogens is 1. The van der Waals surface area contributed by atoms with Gasteiger partial charge in [-0.05, 0) is 29.8 Å². The first-order chi connectivity index (χ1) is 11.7. The molecule has 2 aromatic carbocycles. The second-order valence-corrected chi connectivity index (χ2v) is 6.00. The number of ether oxygens (including phenoxy) is 1. The van der Waals surface area contributed by atoms with Gasteiger partial charge in [0, 0.05) is 10.9 Å². The summed E-state index contributed by atoms with van der Waals surface area (Å²) in [5.41, 5.74) is 1.16. The Kier molecular flexibility index (Phi) is 4.86. The van der Waals surface area contributed by atoms with E-state index in [-0.39, 0.29) is 18.3 Å². The quantitative estimate of drug-likeness (QED) is 0.720. The first-order valence-electron chi connectivity index (χ1n) is 7.56. The number of thiazole rings is 1. The maximum Gasteiger partial charge on any atom is 0.311 e. The van der Waals surface area contributed by atoms with Gasteiger partial charge in [-0.2, -0.15) is 0 Å². The van der Waals surface area contributed by atoms with Crippen LogP contribution in [0.2, 0.25) is 0 Å². The molecule has 0 bridgehead atoms. The van der Waals surface area contributed by atoms with Crippen LogP contribution in [0.25, 0.3) is 10.8 Å². The molecule has 0 saturated heterocycles. The number of carbonyl (C=O) groups is 2. The molecule has 0 aliphatic carbocycles. The molecule has 0 aliphatic heterocycles. The van der Waals surface area contributed by atoms with Crippen molar-refractivity contribution in [3.05, 3.63) is 59.1 Å². The SMILES string of the molecule is CCOC(=O)Cc1csc(NC(=O)c2ccc3ccccc3c2)n1. The second-order valence-electron chi connectivity index (χ2n) is 5.14. The molecule has 1 amide bonds. The van der Waals surface area contributed by atoms with E-state index in [0.717, 1.165) is 10.8 Å². The fraction of sp³-hybridized carbons (Fsp3) is 0.167. The van der Waals surface area contributed by atoms with E-state index in [4.69, 9.17) is 4.74 Å². The van der Waals surface area contributed by atoms with Gasteiger partial charge in [0.05, 0.1) is 18.7 Å². The van der Waals surface area contributed by atoms with Crippen molar-refractivity contribution in [2.24, 2.45) is 0 Å². The highest BCUT2D eigenvalue weighted by atomic mass is 32.1. The van der Waals surface area contributed by atoms with Gasteiger partial charge in [0.15, 0.2) is 5.13 Å². The van der Waals surface area contributed by atoms with Crippen LogP contribution in [0.5, 0.6) is 0 Å². The van der Waals surface area contributed by atoms with Crippen molar-refractivity contribution in [3.63, 3.8) is 0 Å². The molecule has 0 unspecified atom stereocenters. The van der Waals surface area contributed by atoms with E-state index in [1.165, 1.54) is 11.3 Å². The van der Waals surface area contributed by atoms with E-state index in [1.54, 1.807) is 18.4 Å². The van der Waals surface area contributed by atoms with Crippen LogP contribution >= 0.6 is 11.3 Å². The summed E-state index contributed by atoms with van der Waals surface area (Å²) in [7, 11) is 0. The molecular weight excluding hydrogens is 324 g/mol. The molecule has 0 saturated carbocycles. The Morgan fingerprint density at radius 3 is 2.75 bits per heavy atom. The highest BCUT2D eigenvalue weighted by Crippen LogP contribution is 2.19.